The van der Waals surface area contributed by atoms with Gasteiger partial charge in [0.05, 0.1) is 0 Å². The fourth-order valence-corrected chi connectivity index (χ4v) is 3.85. The zero-order valence-corrected chi connectivity index (χ0v) is 25.5. The minimum absolute atomic E-state index is 0.159. The summed E-state index contributed by atoms with van der Waals surface area (Å²) in [6, 6.07) is 13.1. The van der Waals surface area contributed by atoms with Gasteiger partial charge in [0.15, 0.2) is 17.7 Å². The Balaban J connectivity index is 1.85. The van der Waals surface area contributed by atoms with Crippen LogP contribution in [0.4, 0.5) is 13.6 Å². The van der Waals surface area contributed by atoms with Crippen LogP contribution in [-0.2, 0) is 27.4 Å². The maximum atomic E-state index is 14.8. The number of alkyl carbamates (subject to hydrolysis) is 1. The van der Waals surface area contributed by atoms with Crippen molar-refractivity contribution in [3.8, 4) is 28.6 Å². The molecule has 9 nitrogen and oxygen atoms in total. The minimum atomic E-state index is -1.16. The Kier molecular flexibility index (Phi) is 10.7. The van der Waals surface area contributed by atoms with Gasteiger partial charge >= 0.3 is 12.1 Å². The fourth-order valence-electron chi connectivity index (χ4n) is 3.85. The Morgan fingerprint density at radius 1 is 0.884 bits per heavy atom. The molecular weight excluding hydrogens is 560 g/mol. The number of hydrogen-bond acceptors (Lipinski definition) is 8. The number of nitrogens with two attached hydrogens (primary N) is 1. The fraction of sp³-hybridized carbons (Fsp3) is 0.406. The summed E-state index contributed by atoms with van der Waals surface area (Å²) in [5, 5.41) is 2.73. The van der Waals surface area contributed by atoms with Crippen molar-refractivity contribution in [2.24, 2.45) is 5.73 Å². The third-order valence-corrected chi connectivity index (χ3v) is 5.67. The van der Waals surface area contributed by atoms with E-state index in [2.05, 4.69) is 10.3 Å². The quantitative estimate of drug-likeness (QED) is 0.244. The summed E-state index contributed by atoms with van der Waals surface area (Å²) < 4.78 is 51.2. The van der Waals surface area contributed by atoms with Crippen LogP contribution >= 0.6 is 0 Å². The number of pyridine rings is 1. The van der Waals surface area contributed by atoms with Gasteiger partial charge in [-0.15, -0.1) is 0 Å². The molecule has 2 aromatic carbocycles. The lowest BCUT2D eigenvalue weighted by Crippen LogP contribution is -2.35. The van der Waals surface area contributed by atoms with Crippen molar-refractivity contribution in [3.05, 3.63) is 71.3 Å². The highest BCUT2D eigenvalue weighted by Gasteiger charge is 2.28. The number of carbonyl (C=O) groups is 2. The number of halogens is 2. The van der Waals surface area contributed by atoms with Crippen molar-refractivity contribution in [3.63, 3.8) is 0 Å². The predicted molar refractivity (Wildman–Crippen MR) is 158 cm³/mol. The summed E-state index contributed by atoms with van der Waals surface area (Å²) >= 11 is 0. The number of rotatable bonds is 10. The van der Waals surface area contributed by atoms with Crippen molar-refractivity contribution in [1.82, 2.24) is 10.3 Å². The summed E-state index contributed by atoms with van der Waals surface area (Å²) in [7, 11) is 0. The molecule has 0 aliphatic carbocycles. The van der Waals surface area contributed by atoms with Crippen LogP contribution in [0, 0.1) is 11.6 Å². The topological polar surface area (TPSA) is 122 Å². The number of amides is 1. The number of aromatic nitrogens is 1. The van der Waals surface area contributed by atoms with E-state index in [1.165, 1.54) is 0 Å². The van der Waals surface area contributed by atoms with E-state index in [0.717, 1.165) is 11.1 Å². The van der Waals surface area contributed by atoms with Gasteiger partial charge in [0.25, 0.3) is 11.8 Å². The number of benzene rings is 2. The molecule has 3 aromatic rings. The molecule has 3 rings (SSSR count). The Hall–Kier alpha value is -4.25. The SMILES string of the molecule is CC[C@@H](Oc1nc(Oc2cc(CN)cc(-c3cccc(CNC(=O)OC(C)(C)C)c3)c2)c(F)cc1F)C(=O)OC(C)(C)C. The summed E-state index contributed by atoms with van der Waals surface area (Å²) in [4.78, 5) is 28.5. The number of esters is 1. The van der Waals surface area contributed by atoms with Crippen molar-refractivity contribution in [2.45, 2.75) is 85.3 Å². The van der Waals surface area contributed by atoms with Crippen LogP contribution in [0.15, 0.2) is 48.5 Å². The molecule has 0 bridgehead atoms. The maximum absolute atomic E-state index is 14.8. The molecule has 11 heteroatoms. The van der Waals surface area contributed by atoms with Crippen LogP contribution in [0.3, 0.4) is 0 Å². The first-order chi connectivity index (χ1) is 20.1. The first-order valence-electron chi connectivity index (χ1n) is 13.9. The van der Waals surface area contributed by atoms with Gasteiger partial charge in [0, 0.05) is 19.2 Å². The molecule has 0 saturated heterocycles. The monoisotopic (exact) mass is 599 g/mol. The number of hydrogen-bond donors (Lipinski definition) is 2. The molecule has 1 atom stereocenters. The summed E-state index contributed by atoms with van der Waals surface area (Å²) in [6.45, 7) is 12.5. The van der Waals surface area contributed by atoms with Gasteiger partial charge in [-0.2, -0.15) is 4.98 Å². The molecule has 0 radical (unpaired) electrons. The Morgan fingerprint density at radius 2 is 1.53 bits per heavy atom. The molecule has 1 aromatic heterocycles. The zero-order chi connectivity index (χ0) is 31.9. The van der Waals surface area contributed by atoms with Crippen LogP contribution in [0.5, 0.6) is 17.5 Å². The highest BCUT2D eigenvalue weighted by molar-refractivity contribution is 5.75. The smallest absolute Gasteiger partial charge is 0.407 e. The van der Waals surface area contributed by atoms with E-state index in [0.29, 0.717) is 17.2 Å². The van der Waals surface area contributed by atoms with Gasteiger partial charge in [0.2, 0.25) is 0 Å². The lowest BCUT2D eigenvalue weighted by atomic mass is 10.0. The second kappa shape index (κ2) is 13.8. The highest BCUT2D eigenvalue weighted by atomic mass is 19.1. The van der Waals surface area contributed by atoms with Gasteiger partial charge in [-0.25, -0.2) is 18.4 Å². The van der Waals surface area contributed by atoms with E-state index >= 15 is 0 Å². The zero-order valence-electron chi connectivity index (χ0n) is 25.5. The molecule has 0 aliphatic heterocycles. The van der Waals surface area contributed by atoms with E-state index in [1.807, 2.05) is 30.3 Å². The van der Waals surface area contributed by atoms with Crippen molar-refractivity contribution < 1.29 is 37.3 Å². The summed E-state index contributed by atoms with van der Waals surface area (Å²) in [6.07, 6.45) is -1.53. The van der Waals surface area contributed by atoms with E-state index in [4.69, 9.17) is 24.7 Å². The first kappa shape index (κ1) is 33.3. The van der Waals surface area contributed by atoms with E-state index in [1.54, 1.807) is 60.6 Å². The molecule has 232 valence electrons. The van der Waals surface area contributed by atoms with E-state index in [-0.39, 0.29) is 25.3 Å². The Morgan fingerprint density at radius 3 is 2.16 bits per heavy atom. The molecule has 0 fully saturated rings. The Labute approximate surface area is 250 Å². The molecule has 0 unspecified atom stereocenters. The van der Waals surface area contributed by atoms with E-state index < -0.39 is 52.8 Å². The largest absolute Gasteiger partial charge is 0.460 e. The third-order valence-electron chi connectivity index (χ3n) is 5.67. The Bertz CT molecular complexity index is 1450. The van der Waals surface area contributed by atoms with Gasteiger partial charge in [-0.1, -0.05) is 25.1 Å². The van der Waals surface area contributed by atoms with E-state index in [9.17, 15) is 18.4 Å². The number of nitrogens with one attached hydrogen (secondary N) is 1. The van der Waals surface area contributed by atoms with Crippen LogP contribution in [0.2, 0.25) is 0 Å². The summed E-state index contributed by atoms with van der Waals surface area (Å²) in [5.41, 5.74) is 7.49. The van der Waals surface area contributed by atoms with Gasteiger partial charge in [-0.3, -0.25) is 0 Å². The lowest BCUT2D eigenvalue weighted by Gasteiger charge is -2.23. The molecule has 1 heterocycles. The van der Waals surface area contributed by atoms with Crippen molar-refractivity contribution >= 4 is 12.1 Å². The van der Waals surface area contributed by atoms with Crippen molar-refractivity contribution in [2.75, 3.05) is 0 Å². The second-order valence-electron chi connectivity index (χ2n) is 11.8. The first-order valence-corrected chi connectivity index (χ1v) is 13.9. The normalized spacial score (nSPS) is 12.3. The van der Waals surface area contributed by atoms with Gasteiger partial charge in [-0.05, 0) is 94.5 Å². The summed E-state index contributed by atoms with van der Waals surface area (Å²) in [5.74, 6) is -3.82. The lowest BCUT2D eigenvalue weighted by molar-refractivity contribution is -0.163. The third kappa shape index (κ3) is 10.2. The average Bonchev–Trinajstić information content (AvgIpc) is 2.90. The van der Waals surface area contributed by atoms with Crippen LogP contribution in [0.1, 0.15) is 66.0 Å². The molecule has 3 N–H and O–H groups in total. The van der Waals surface area contributed by atoms with Crippen LogP contribution < -0.4 is 20.5 Å². The maximum Gasteiger partial charge on any atom is 0.407 e. The molecule has 43 heavy (non-hydrogen) atoms. The van der Waals surface area contributed by atoms with Crippen LogP contribution in [0.25, 0.3) is 11.1 Å². The minimum Gasteiger partial charge on any atom is -0.460 e. The molecule has 1 amide bonds. The van der Waals surface area contributed by atoms with Crippen molar-refractivity contribution in [1.29, 1.82) is 0 Å². The highest BCUT2D eigenvalue weighted by Crippen LogP contribution is 2.32. The van der Waals surface area contributed by atoms with Gasteiger partial charge < -0.3 is 30.0 Å². The number of ether oxygens (including phenoxy) is 4. The molecule has 0 saturated carbocycles. The standard InChI is InChI=1S/C32H39F2N3O6/c1-8-26(29(38)42-31(2,3)4)41-28-25(34)16-24(33)27(37-28)40-23-14-20(17-35)13-22(15-23)21-11-9-10-19(12-21)18-36-30(39)43-32(5,6)7/h9-16,26H,8,17-18,35H2,1-7H3,(H,36,39)/t26-/m1/s1. The molecule has 0 aliphatic rings. The number of nitrogens with zero attached hydrogens (tertiary/aromatic N) is 1. The molecular formula is C32H39F2N3O6. The average molecular weight is 600 g/mol. The molecule has 0 spiro atoms. The predicted octanol–water partition coefficient (Wildman–Crippen LogP) is 6.80. The van der Waals surface area contributed by atoms with Gasteiger partial charge in [0.1, 0.15) is 17.0 Å². The number of carbonyl (C=O) groups excluding carboxylic acids is 2. The van der Waals surface area contributed by atoms with Crippen LogP contribution in [-0.4, -0.2) is 34.4 Å². The second-order valence-corrected chi connectivity index (χ2v) is 11.8.